The molecule has 0 aromatic carbocycles. The van der Waals surface area contributed by atoms with Gasteiger partial charge in [0.25, 0.3) is 5.91 Å². The van der Waals surface area contributed by atoms with Gasteiger partial charge in [-0.25, -0.2) is 5.01 Å². The fourth-order valence-corrected chi connectivity index (χ4v) is 3.50. The molecule has 1 unspecified atom stereocenters. The van der Waals surface area contributed by atoms with E-state index >= 15 is 0 Å². The first-order chi connectivity index (χ1) is 10.3. The summed E-state index contributed by atoms with van der Waals surface area (Å²) in [5.74, 6) is 0.273. The van der Waals surface area contributed by atoms with Crippen LogP contribution in [-0.2, 0) is 16.0 Å². The highest BCUT2D eigenvalue weighted by Crippen LogP contribution is 2.24. The highest BCUT2D eigenvalue weighted by atomic mass is 16.5. The Labute approximate surface area is 122 Å². The Morgan fingerprint density at radius 3 is 3.00 bits per heavy atom. The largest absolute Gasteiger partial charge is 0.381 e. The second-order valence-corrected chi connectivity index (χ2v) is 5.93. The quantitative estimate of drug-likeness (QED) is 0.723. The van der Waals surface area contributed by atoms with Crippen LogP contribution in [0.3, 0.4) is 0 Å². The van der Waals surface area contributed by atoms with Crippen molar-refractivity contribution in [1.29, 1.82) is 0 Å². The number of amides is 1. The smallest absolute Gasteiger partial charge is 0.269 e. The zero-order valence-electron chi connectivity index (χ0n) is 12.0. The van der Waals surface area contributed by atoms with Crippen LogP contribution in [-0.4, -0.2) is 40.4 Å². The average molecular weight is 286 g/mol. The molecule has 2 aliphatic heterocycles. The zero-order chi connectivity index (χ0) is 14.4. The van der Waals surface area contributed by atoms with Crippen LogP contribution in [0.25, 0.3) is 11.8 Å². The number of hydrogen-bond acceptors (Lipinski definition) is 5. The van der Waals surface area contributed by atoms with Gasteiger partial charge in [-0.15, -0.1) is 0 Å². The minimum Gasteiger partial charge on any atom is -0.381 e. The Morgan fingerprint density at radius 2 is 2.19 bits per heavy atom. The maximum absolute atomic E-state index is 13.0. The van der Waals surface area contributed by atoms with E-state index in [4.69, 9.17) is 4.74 Å². The third-order valence-electron chi connectivity index (χ3n) is 4.58. The fourth-order valence-electron chi connectivity index (χ4n) is 3.50. The molecule has 0 saturated carbocycles. The number of nitrogens with one attached hydrogen (secondary N) is 1. The van der Waals surface area contributed by atoms with E-state index in [9.17, 15) is 4.79 Å². The summed E-state index contributed by atoms with van der Waals surface area (Å²) in [7, 11) is 0. The third kappa shape index (κ3) is 1.93. The number of carbonyl (C=O) groups is 1. The first kappa shape index (κ1) is 12.8. The van der Waals surface area contributed by atoms with Crippen molar-refractivity contribution >= 4 is 17.7 Å². The molecule has 6 nitrogen and oxygen atoms in total. The van der Waals surface area contributed by atoms with Crippen molar-refractivity contribution in [3.05, 3.63) is 22.3 Å². The Kier molecular flexibility index (Phi) is 2.92. The molecule has 0 bridgehead atoms. The van der Waals surface area contributed by atoms with E-state index in [1.54, 1.807) is 11.2 Å². The van der Waals surface area contributed by atoms with Gasteiger partial charge < -0.3 is 10.2 Å². The van der Waals surface area contributed by atoms with Crippen molar-refractivity contribution in [3.63, 3.8) is 0 Å². The number of ether oxygens (including phenoxy) is 1. The van der Waals surface area contributed by atoms with Crippen molar-refractivity contribution in [2.75, 3.05) is 13.2 Å². The molecule has 4 rings (SSSR count). The number of hydrazine groups is 1. The van der Waals surface area contributed by atoms with Crippen LogP contribution in [0.1, 0.15) is 25.5 Å². The first-order valence-corrected chi connectivity index (χ1v) is 7.48. The normalized spacial score (nSPS) is 25.2. The third-order valence-corrected chi connectivity index (χ3v) is 4.58. The molecule has 1 aromatic rings. The maximum atomic E-state index is 13.0. The van der Waals surface area contributed by atoms with Crippen LogP contribution in [0.4, 0.5) is 0 Å². The molecule has 1 aromatic heterocycles. The first-order valence-electron chi connectivity index (χ1n) is 7.48. The number of nitrogens with zero attached hydrogens (tertiary/aromatic N) is 3. The van der Waals surface area contributed by atoms with Crippen molar-refractivity contribution in [2.24, 2.45) is 5.92 Å². The van der Waals surface area contributed by atoms with E-state index in [1.807, 2.05) is 6.20 Å². The Hall–Kier alpha value is -1.95. The number of carbonyl (C=O) groups excluding carboxylic acids is 1. The second-order valence-electron chi connectivity index (χ2n) is 5.93. The molecule has 1 atom stereocenters. The molecule has 1 fully saturated rings. The summed E-state index contributed by atoms with van der Waals surface area (Å²) in [6.45, 7) is 3.51. The monoisotopic (exact) mass is 286 g/mol. The lowest BCUT2D eigenvalue weighted by Gasteiger charge is -2.34. The predicted molar refractivity (Wildman–Crippen MR) is 75.8 cm³/mol. The standard InChI is InChI=1S/C15H18N4O2/c1-9-6-12-14-10(7-16-18-12)8-17-19(15(20)13(9)14)11-2-4-21-5-3-11/h7-9,11,17H,2-6H2,1H3. The Morgan fingerprint density at radius 1 is 1.38 bits per heavy atom. The zero-order valence-corrected chi connectivity index (χ0v) is 12.0. The lowest BCUT2D eigenvalue weighted by atomic mass is 10.0. The lowest BCUT2D eigenvalue weighted by Crippen LogP contribution is -2.49. The van der Waals surface area contributed by atoms with Crippen molar-refractivity contribution in [2.45, 2.75) is 32.2 Å². The second kappa shape index (κ2) is 4.80. The fraction of sp³-hybridized carbons (Fsp3) is 0.533. The van der Waals surface area contributed by atoms with E-state index in [0.717, 1.165) is 41.0 Å². The molecular weight excluding hydrogens is 268 g/mol. The van der Waals surface area contributed by atoms with Crippen LogP contribution < -0.4 is 15.9 Å². The maximum Gasteiger partial charge on any atom is 0.269 e. The van der Waals surface area contributed by atoms with E-state index in [-0.39, 0.29) is 17.9 Å². The molecule has 1 N–H and O–H groups in total. The topological polar surface area (TPSA) is 67.4 Å². The Balaban J connectivity index is 1.83. The summed E-state index contributed by atoms with van der Waals surface area (Å²) in [5.41, 5.74) is 5.00. The average Bonchev–Trinajstić information content (AvgIpc) is 2.76. The van der Waals surface area contributed by atoms with Crippen molar-refractivity contribution in [3.8, 4) is 0 Å². The van der Waals surface area contributed by atoms with E-state index < -0.39 is 0 Å². The minimum absolute atomic E-state index is 0.0798. The van der Waals surface area contributed by atoms with E-state index in [1.165, 1.54) is 0 Å². The summed E-state index contributed by atoms with van der Waals surface area (Å²) < 4.78 is 5.40. The van der Waals surface area contributed by atoms with Gasteiger partial charge in [0, 0.05) is 35.4 Å². The van der Waals surface area contributed by atoms with Crippen LogP contribution in [0.15, 0.2) is 6.20 Å². The molecule has 6 heteroatoms. The van der Waals surface area contributed by atoms with Gasteiger partial charge in [-0.3, -0.25) is 4.79 Å². The van der Waals surface area contributed by atoms with Gasteiger partial charge in [-0.2, -0.15) is 10.2 Å². The van der Waals surface area contributed by atoms with Gasteiger partial charge in [0.2, 0.25) is 0 Å². The van der Waals surface area contributed by atoms with E-state index in [2.05, 4.69) is 22.5 Å². The van der Waals surface area contributed by atoms with Gasteiger partial charge in [0.15, 0.2) is 0 Å². The summed E-state index contributed by atoms with van der Waals surface area (Å²) in [5, 5.41) is 12.0. The molecule has 21 heavy (non-hydrogen) atoms. The SMILES string of the molecule is CC1Cc2nncc3c2=C1C(=O)N(C1CCOCC1)NC=3. The molecular formula is C15H18N4O2. The van der Waals surface area contributed by atoms with Gasteiger partial charge in [-0.05, 0) is 25.2 Å². The molecule has 1 aliphatic carbocycles. The summed E-state index contributed by atoms with van der Waals surface area (Å²) in [6, 6.07) is 0.182. The van der Waals surface area contributed by atoms with Crippen LogP contribution in [0.5, 0.6) is 0 Å². The van der Waals surface area contributed by atoms with Crippen LogP contribution >= 0.6 is 0 Å². The van der Waals surface area contributed by atoms with Crippen molar-refractivity contribution < 1.29 is 9.53 Å². The number of aromatic nitrogens is 2. The molecule has 3 aliphatic rings. The predicted octanol–water partition coefficient (Wildman–Crippen LogP) is -0.917. The summed E-state index contributed by atoms with van der Waals surface area (Å²) in [6.07, 6.45) is 6.14. The molecule has 1 saturated heterocycles. The minimum atomic E-state index is 0.0798. The highest BCUT2D eigenvalue weighted by Gasteiger charge is 2.35. The Bertz CT molecular complexity index is 709. The van der Waals surface area contributed by atoms with Gasteiger partial charge in [-0.1, -0.05) is 6.92 Å². The van der Waals surface area contributed by atoms with Crippen LogP contribution in [0.2, 0.25) is 0 Å². The molecule has 0 spiro atoms. The van der Waals surface area contributed by atoms with Gasteiger partial charge in [0.05, 0.1) is 17.9 Å². The lowest BCUT2D eigenvalue weighted by molar-refractivity contribution is -0.132. The molecule has 3 heterocycles. The number of hydrogen-bond donors (Lipinski definition) is 1. The van der Waals surface area contributed by atoms with E-state index in [0.29, 0.717) is 13.2 Å². The van der Waals surface area contributed by atoms with Gasteiger partial charge in [0.1, 0.15) is 0 Å². The molecule has 0 radical (unpaired) electrons. The molecule has 110 valence electrons. The number of rotatable bonds is 1. The van der Waals surface area contributed by atoms with Crippen LogP contribution in [0, 0.1) is 5.92 Å². The highest BCUT2D eigenvalue weighted by molar-refractivity contribution is 6.15. The summed E-state index contributed by atoms with van der Waals surface area (Å²) >= 11 is 0. The molecule has 1 amide bonds. The van der Waals surface area contributed by atoms with Crippen molar-refractivity contribution in [1.82, 2.24) is 20.6 Å². The van der Waals surface area contributed by atoms with Gasteiger partial charge >= 0.3 is 0 Å². The summed E-state index contributed by atoms with van der Waals surface area (Å²) in [4.78, 5) is 13.0.